The predicted molar refractivity (Wildman–Crippen MR) is 90.9 cm³/mol. The molecule has 0 spiro atoms. The van der Waals surface area contributed by atoms with Crippen LogP contribution < -0.4 is 5.32 Å². The van der Waals surface area contributed by atoms with Crippen molar-refractivity contribution in [3.8, 4) is 5.75 Å². The van der Waals surface area contributed by atoms with Crippen molar-refractivity contribution in [2.75, 3.05) is 0 Å². The zero-order valence-corrected chi connectivity index (χ0v) is 13.5. The fourth-order valence-electron chi connectivity index (χ4n) is 2.07. The number of hydrogen-bond donors (Lipinski definition) is 2. The van der Waals surface area contributed by atoms with Gasteiger partial charge in [0, 0.05) is 23.1 Å². The summed E-state index contributed by atoms with van der Waals surface area (Å²) in [5.74, 6) is 0.352. The molecule has 3 nitrogen and oxygen atoms in total. The van der Waals surface area contributed by atoms with Crippen molar-refractivity contribution in [2.24, 2.45) is 0 Å². The van der Waals surface area contributed by atoms with Crippen LogP contribution in [0.4, 0.5) is 0 Å². The Morgan fingerprint density at radius 2 is 1.95 bits per heavy atom. The first-order valence-electron chi connectivity index (χ1n) is 7.40. The Morgan fingerprint density at radius 3 is 2.68 bits per heavy atom. The minimum Gasteiger partial charge on any atom is -0.508 e. The van der Waals surface area contributed by atoms with Gasteiger partial charge in [0.25, 0.3) is 0 Å². The number of phenols is 1. The summed E-state index contributed by atoms with van der Waals surface area (Å²) in [6.45, 7) is 2.67. The van der Waals surface area contributed by atoms with Gasteiger partial charge in [0.1, 0.15) is 5.75 Å². The highest BCUT2D eigenvalue weighted by atomic mass is 32.2. The molecule has 0 aliphatic heterocycles. The van der Waals surface area contributed by atoms with Crippen molar-refractivity contribution in [1.29, 1.82) is 0 Å². The standard InChI is InChI=1S/C18H21NO2S/c1-14(22-17-9-5-8-16(20)12-17)10-11-18(21)19-13-15-6-3-2-4-7-15/h2-9,12,14,20H,10-11,13H2,1H3,(H,19,21). The van der Waals surface area contributed by atoms with Crippen LogP contribution in [0, 0.1) is 0 Å². The van der Waals surface area contributed by atoms with Gasteiger partial charge in [0.05, 0.1) is 0 Å². The number of carbonyl (C=O) groups excluding carboxylic acids is 1. The molecule has 0 saturated heterocycles. The van der Waals surface area contributed by atoms with Crippen molar-refractivity contribution < 1.29 is 9.90 Å². The van der Waals surface area contributed by atoms with Gasteiger partial charge in [0.15, 0.2) is 0 Å². The van der Waals surface area contributed by atoms with Gasteiger partial charge in [-0.15, -0.1) is 11.8 Å². The molecule has 2 N–H and O–H groups in total. The topological polar surface area (TPSA) is 49.3 Å². The van der Waals surface area contributed by atoms with E-state index in [1.54, 1.807) is 23.9 Å². The zero-order chi connectivity index (χ0) is 15.8. The van der Waals surface area contributed by atoms with Crippen LogP contribution >= 0.6 is 11.8 Å². The summed E-state index contributed by atoms with van der Waals surface area (Å²) in [5.41, 5.74) is 1.11. The Bertz CT molecular complexity index is 601. The Kier molecular flexibility index (Phi) is 6.34. The van der Waals surface area contributed by atoms with E-state index >= 15 is 0 Å². The quantitative estimate of drug-likeness (QED) is 0.760. The second-order valence-corrected chi connectivity index (χ2v) is 6.74. The van der Waals surface area contributed by atoms with Gasteiger partial charge in [0.2, 0.25) is 5.91 Å². The lowest BCUT2D eigenvalue weighted by atomic mass is 10.2. The van der Waals surface area contributed by atoms with E-state index in [1.807, 2.05) is 42.5 Å². The minimum atomic E-state index is 0.0761. The van der Waals surface area contributed by atoms with Crippen LogP contribution in [0.3, 0.4) is 0 Å². The summed E-state index contributed by atoms with van der Waals surface area (Å²) < 4.78 is 0. The number of benzene rings is 2. The van der Waals surface area contributed by atoms with Crippen molar-refractivity contribution in [3.05, 3.63) is 60.2 Å². The molecule has 0 heterocycles. The second-order valence-electron chi connectivity index (χ2n) is 5.23. The maximum atomic E-state index is 11.9. The molecule has 1 amide bonds. The van der Waals surface area contributed by atoms with Crippen LogP contribution in [0.15, 0.2) is 59.5 Å². The lowest BCUT2D eigenvalue weighted by Crippen LogP contribution is -2.23. The van der Waals surface area contributed by atoms with Crippen molar-refractivity contribution in [3.63, 3.8) is 0 Å². The maximum Gasteiger partial charge on any atom is 0.220 e. The number of aromatic hydroxyl groups is 1. The molecule has 2 rings (SSSR count). The molecule has 0 bridgehead atoms. The van der Waals surface area contributed by atoms with Gasteiger partial charge < -0.3 is 10.4 Å². The minimum absolute atomic E-state index is 0.0761. The van der Waals surface area contributed by atoms with Crippen molar-refractivity contribution >= 4 is 17.7 Å². The number of thioether (sulfide) groups is 1. The molecule has 0 saturated carbocycles. The predicted octanol–water partition coefficient (Wildman–Crippen LogP) is 3.97. The molecule has 0 aliphatic rings. The van der Waals surface area contributed by atoms with Crippen LogP contribution in [-0.2, 0) is 11.3 Å². The molecular formula is C18H21NO2S. The first-order valence-corrected chi connectivity index (χ1v) is 8.28. The van der Waals surface area contributed by atoms with Crippen LogP contribution in [0.5, 0.6) is 5.75 Å². The number of amides is 1. The van der Waals surface area contributed by atoms with Crippen molar-refractivity contribution in [2.45, 2.75) is 36.5 Å². The third-order valence-electron chi connectivity index (χ3n) is 3.27. The Balaban J connectivity index is 1.69. The molecule has 2 aromatic carbocycles. The van der Waals surface area contributed by atoms with Crippen LogP contribution in [0.25, 0.3) is 0 Å². The summed E-state index contributed by atoms with van der Waals surface area (Å²) in [5, 5.41) is 12.7. The summed E-state index contributed by atoms with van der Waals surface area (Å²) in [6, 6.07) is 17.1. The first-order chi connectivity index (χ1) is 10.6. The van der Waals surface area contributed by atoms with E-state index in [4.69, 9.17) is 0 Å². The van der Waals surface area contributed by atoms with Gasteiger partial charge in [-0.3, -0.25) is 4.79 Å². The highest BCUT2D eigenvalue weighted by Gasteiger charge is 2.08. The van der Waals surface area contributed by atoms with Crippen LogP contribution in [-0.4, -0.2) is 16.3 Å². The third kappa shape index (κ3) is 5.82. The number of rotatable bonds is 7. The Morgan fingerprint density at radius 1 is 1.18 bits per heavy atom. The van der Waals surface area contributed by atoms with E-state index in [2.05, 4.69) is 12.2 Å². The van der Waals surface area contributed by atoms with E-state index in [0.717, 1.165) is 16.9 Å². The fraction of sp³-hybridized carbons (Fsp3) is 0.278. The lowest BCUT2D eigenvalue weighted by Gasteiger charge is -2.11. The highest BCUT2D eigenvalue weighted by Crippen LogP contribution is 2.28. The second kappa shape index (κ2) is 8.49. The zero-order valence-electron chi connectivity index (χ0n) is 12.7. The average Bonchev–Trinajstić information content (AvgIpc) is 2.52. The number of nitrogens with one attached hydrogen (secondary N) is 1. The maximum absolute atomic E-state index is 11.9. The normalized spacial score (nSPS) is 11.9. The van der Waals surface area contributed by atoms with Gasteiger partial charge in [-0.05, 0) is 30.2 Å². The fourth-order valence-corrected chi connectivity index (χ4v) is 3.11. The molecule has 0 fully saturated rings. The monoisotopic (exact) mass is 315 g/mol. The summed E-state index contributed by atoms with van der Waals surface area (Å²) in [7, 11) is 0. The largest absolute Gasteiger partial charge is 0.508 e. The molecule has 1 unspecified atom stereocenters. The van der Waals surface area contributed by atoms with Gasteiger partial charge in [-0.2, -0.15) is 0 Å². The van der Waals surface area contributed by atoms with E-state index in [9.17, 15) is 9.90 Å². The summed E-state index contributed by atoms with van der Waals surface area (Å²) >= 11 is 1.67. The van der Waals surface area contributed by atoms with Crippen molar-refractivity contribution in [1.82, 2.24) is 5.32 Å². The molecule has 22 heavy (non-hydrogen) atoms. The van der Waals surface area contributed by atoms with E-state index in [0.29, 0.717) is 18.2 Å². The molecule has 2 aromatic rings. The molecule has 1 atom stereocenters. The lowest BCUT2D eigenvalue weighted by molar-refractivity contribution is -0.121. The van der Waals surface area contributed by atoms with Crippen LogP contribution in [0.1, 0.15) is 25.3 Å². The Hall–Kier alpha value is -1.94. The van der Waals surface area contributed by atoms with Crippen LogP contribution in [0.2, 0.25) is 0 Å². The number of carbonyl (C=O) groups is 1. The molecule has 0 radical (unpaired) electrons. The number of phenolic OH excluding ortho intramolecular Hbond substituents is 1. The average molecular weight is 315 g/mol. The third-order valence-corrected chi connectivity index (χ3v) is 4.43. The molecular weight excluding hydrogens is 294 g/mol. The van der Waals surface area contributed by atoms with E-state index in [-0.39, 0.29) is 11.7 Å². The van der Waals surface area contributed by atoms with Gasteiger partial charge >= 0.3 is 0 Å². The Labute approximate surface area is 135 Å². The molecule has 4 heteroatoms. The molecule has 0 aliphatic carbocycles. The van der Waals surface area contributed by atoms with E-state index in [1.165, 1.54) is 0 Å². The van der Waals surface area contributed by atoms with Gasteiger partial charge in [-0.1, -0.05) is 43.3 Å². The molecule has 0 aromatic heterocycles. The van der Waals surface area contributed by atoms with Gasteiger partial charge in [-0.25, -0.2) is 0 Å². The SMILES string of the molecule is CC(CCC(=O)NCc1ccccc1)Sc1cccc(O)c1. The summed E-state index contributed by atoms with van der Waals surface area (Å²) in [6.07, 6.45) is 1.32. The smallest absolute Gasteiger partial charge is 0.220 e. The summed E-state index contributed by atoms with van der Waals surface area (Å²) in [4.78, 5) is 12.9. The van der Waals surface area contributed by atoms with E-state index < -0.39 is 0 Å². The first kappa shape index (κ1) is 16.4. The molecule has 116 valence electrons. The highest BCUT2D eigenvalue weighted by molar-refractivity contribution is 7.99. The number of hydrogen-bond acceptors (Lipinski definition) is 3.